The molecule has 0 spiro atoms. The van der Waals surface area contributed by atoms with Crippen LogP contribution in [0.25, 0.3) is 11.3 Å². The maximum absolute atomic E-state index is 13.1. The van der Waals surface area contributed by atoms with E-state index in [9.17, 15) is 13.6 Å². The molecule has 3 aromatic rings. The third kappa shape index (κ3) is 4.66. The van der Waals surface area contributed by atoms with Crippen molar-refractivity contribution >= 4 is 28.9 Å². The van der Waals surface area contributed by atoms with E-state index in [4.69, 9.17) is 11.6 Å². The van der Waals surface area contributed by atoms with Gasteiger partial charge in [-0.05, 0) is 67.3 Å². The Morgan fingerprint density at radius 2 is 1.94 bits per heavy atom. The second-order valence-corrected chi connectivity index (χ2v) is 8.85. The number of fused-ring (bicyclic) bond motifs is 1. The summed E-state index contributed by atoms with van der Waals surface area (Å²) in [6.45, 7) is 0.943. The van der Waals surface area contributed by atoms with Gasteiger partial charge in [0.05, 0.1) is 5.69 Å². The minimum Gasteiger partial charge on any atom is -0.420 e. The number of hydrogen-bond donors (Lipinski definition) is 2. The van der Waals surface area contributed by atoms with Crippen molar-refractivity contribution in [2.45, 2.75) is 43.7 Å². The Hall–Kier alpha value is -3.13. The minimum atomic E-state index is -3.79. The number of aromatic amines is 1. The van der Waals surface area contributed by atoms with Crippen LogP contribution in [0.3, 0.4) is 0 Å². The highest BCUT2D eigenvalue weighted by Gasteiger charge is 2.32. The second kappa shape index (κ2) is 8.67. The van der Waals surface area contributed by atoms with Crippen molar-refractivity contribution in [2.24, 2.45) is 0 Å². The van der Waals surface area contributed by atoms with Gasteiger partial charge in [-0.1, -0.05) is 12.8 Å². The first-order valence-electron chi connectivity index (χ1n) is 11.0. The maximum atomic E-state index is 13.1. The highest BCUT2D eigenvalue weighted by Crippen LogP contribution is 2.42. The molecule has 2 aromatic carbocycles. The predicted molar refractivity (Wildman–Crippen MR) is 123 cm³/mol. The van der Waals surface area contributed by atoms with Crippen LogP contribution >= 0.6 is 11.6 Å². The molecule has 0 radical (unpaired) electrons. The van der Waals surface area contributed by atoms with E-state index in [0.717, 1.165) is 29.8 Å². The Labute approximate surface area is 194 Å². The Balaban J connectivity index is 1.42. The minimum absolute atomic E-state index is 0.0981. The molecule has 5 rings (SSSR count). The van der Waals surface area contributed by atoms with Crippen molar-refractivity contribution < 1.29 is 18.3 Å². The molecule has 1 saturated carbocycles. The summed E-state index contributed by atoms with van der Waals surface area (Å²) in [5.41, 5.74) is 1.37. The zero-order valence-corrected chi connectivity index (χ0v) is 18.5. The summed E-state index contributed by atoms with van der Waals surface area (Å²) in [6, 6.07) is 11.9. The van der Waals surface area contributed by atoms with Crippen molar-refractivity contribution in [1.82, 2.24) is 10.2 Å². The van der Waals surface area contributed by atoms with E-state index < -0.39 is 5.57 Å². The van der Waals surface area contributed by atoms with E-state index in [1.807, 2.05) is 18.2 Å². The number of hydrogen-bond acceptors (Lipinski definition) is 4. The van der Waals surface area contributed by atoms with Crippen LogP contribution in [0.15, 0.2) is 48.7 Å². The number of carbonyl (C=O) groups is 1. The highest BCUT2D eigenvalue weighted by atomic mass is 35.5. The van der Waals surface area contributed by atoms with Gasteiger partial charge in [-0.3, -0.25) is 9.89 Å². The molecule has 1 amide bonds. The van der Waals surface area contributed by atoms with Gasteiger partial charge in [-0.25, -0.2) is 0 Å². The molecule has 0 atom stereocenters. The SMILES string of the molecule is O=C(Nc1ccc(OC(F)(F)Cl)cc1)c1cc2c(c(-c3ccn[nH]3)c1)N(C1CCCC1)CC2. The third-order valence-electron chi connectivity index (χ3n) is 6.26. The maximum Gasteiger partial charge on any atom is 0.487 e. The van der Waals surface area contributed by atoms with E-state index in [1.54, 1.807) is 6.20 Å². The Bertz CT molecular complexity index is 1140. The third-order valence-corrected chi connectivity index (χ3v) is 6.34. The fourth-order valence-corrected chi connectivity index (χ4v) is 4.93. The standard InChI is InChI=1S/C24H23ClF2N4O2/c25-24(26,27)33-19-7-5-17(6-8-19)29-23(32)16-13-15-10-12-31(18-3-1-2-4-18)22(15)20(14-16)21-9-11-28-30-21/h5-9,11,13-14,18H,1-4,10,12H2,(H,28,30)(H,29,32). The molecule has 33 heavy (non-hydrogen) atoms. The number of nitrogens with zero attached hydrogens (tertiary/aromatic N) is 2. The van der Waals surface area contributed by atoms with Gasteiger partial charge < -0.3 is 15.0 Å². The first-order chi connectivity index (χ1) is 15.9. The van der Waals surface area contributed by atoms with Gasteiger partial charge in [-0.15, -0.1) is 8.78 Å². The quantitative estimate of drug-likeness (QED) is 0.445. The van der Waals surface area contributed by atoms with Crippen LogP contribution in [-0.2, 0) is 6.42 Å². The summed E-state index contributed by atoms with van der Waals surface area (Å²) in [7, 11) is 0. The molecule has 2 heterocycles. The number of nitrogens with one attached hydrogen (secondary N) is 2. The second-order valence-electron chi connectivity index (χ2n) is 8.41. The number of anilines is 2. The van der Waals surface area contributed by atoms with Crippen LogP contribution in [0.1, 0.15) is 41.6 Å². The lowest BCUT2D eigenvalue weighted by atomic mass is 9.99. The molecular weight excluding hydrogens is 450 g/mol. The van der Waals surface area contributed by atoms with E-state index >= 15 is 0 Å². The predicted octanol–water partition coefficient (Wildman–Crippen LogP) is 5.80. The summed E-state index contributed by atoms with van der Waals surface area (Å²) in [6.07, 6.45) is 7.48. The van der Waals surface area contributed by atoms with E-state index in [0.29, 0.717) is 17.3 Å². The number of rotatable bonds is 6. The zero-order valence-electron chi connectivity index (χ0n) is 17.8. The number of carbonyl (C=O) groups excluding carboxylic acids is 1. The number of ether oxygens (including phenoxy) is 1. The molecule has 0 unspecified atom stereocenters. The number of alkyl halides is 3. The Morgan fingerprint density at radius 3 is 2.61 bits per heavy atom. The Kier molecular flexibility index (Phi) is 5.70. The topological polar surface area (TPSA) is 70.2 Å². The number of aromatic nitrogens is 2. The smallest absolute Gasteiger partial charge is 0.420 e. The zero-order chi connectivity index (χ0) is 23.0. The van der Waals surface area contributed by atoms with E-state index in [2.05, 4.69) is 25.2 Å². The molecule has 1 aromatic heterocycles. The molecule has 2 aliphatic rings. The van der Waals surface area contributed by atoms with Crippen molar-refractivity contribution in [3.8, 4) is 17.0 Å². The van der Waals surface area contributed by atoms with Crippen LogP contribution in [-0.4, -0.2) is 34.3 Å². The van der Waals surface area contributed by atoms with Gasteiger partial charge >= 0.3 is 5.57 Å². The summed E-state index contributed by atoms with van der Waals surface area (Å²) in [4.78, 5) is 15.6. The summed E-state index contributed by atoms with van der Waals surface area (Å²) >= 11 is 4.79. The van der Waals surface area contributed by atoms with Crippen LogP contribution < -0.4 is 15.0 Å². The molecule has 6 nitrogen and oxygen atoms in total. The normalized spacial score (nSPS) is 16.2. The van der Waals surface area contributed by atoms with Crippen molar-refractivity contribution in [3.63, 3.8) is 0 Å². The molecule has 1 fully saturated rings. The number of amides is 1. The molecule has 172 valence electrons. The lowest BCUT2D eigenvalue weighted by Crippen LogP contribution is -2.31. The van der Waals surface area contributed by atoms with Gasteiger partial charge in [0.2, 0.25) is 0 Å². The van der Waals surface area contributed by atoms with Gasteiger partial charge in [-0.2, -0.15) is 5.10 Å². The average molecular weight is 473 g/mol. The largest absolute Gasteiger partial charge is 0.487 e. The lowest BCUT2D eigenvalue weighted by molar-refractivity contribution is -0.0964. The summed E-state index contributed by atoms with van der Waals surface area (Å²) in [5, 5.41) is 9.97. The summed E-state index contributed by atoms with van der Waals surface area (Å²) in [5.74, 6) is -0.381. The van der Waals surface area contributed by atoms with Gasteiger partial charge in [0.25, 0.3) is 5.91 Å². The van der Waals surface area contributed by atoms with Crippen LogP contribution in [0.2, 0.25) is 0 Å². The van der Waals surface area contributed by atoms with Crippen LogP contribution in [0.4, 0.5) is 20.2 Å². The fraction of sp³-hybridized carbons (Fsp3) is 0.333. The number of halogens is 3. The Morgan fingerprint density at radius 1 is 1.18 bits per heavy atom. The average Bonchev–Trinajstić information content (AvgIpc) is 3.54. The number of benzene rings is 2. The van der Waals surface area contributed by atoms with Crippen molar-refractivity contribution in [1.29, 1.82) is 0 Å². The molecule has 9 heteroatoms. The molecule has 1 aliphatic heterocycles. The molecule has 0 bridgehead atoms. The highest BCUT2D eigenvalue weighted by molar-refractivity contribution is 6.20. The van der Waals surface area contributed by atoms with Crippen molar-refractivity contribution in [3.05, 3.63) is 59.8 Å². The molecular formula is C24H23ClF2N4O2. The summed E-state index contributed by atoms with van der Waals surface area (Å²) < 4.78 is 29.9. The monoisotopic (exact) mass is 472 g/mol. The van der Waals surface area contributed by atoms with E-state index in [-0.39, 0.29) is 11.7 Å². The first-order valence-corrected chi connectivity index (χ1v) is 11.4. The first kappa shape index (κ1) is 21.7. The fourth-order valence-electron chi connectivity index (χ4n) is 4.84. The van der Waals surface area contributed by atoms with Crippen molar-refractivity contribution in [2.75, 3.05) is 16.8 Å². The van der Waals surface area contributed by atoms with Crippen LogP contribution in [0, 0.1) is 0 Å². The lowest BCUT2D eigenvalue weighted by Gasteiger charge is -2.28. The van der Waals surface area contributed by atoms with Crippen LogP contribution in [0.5, 0.6) is 5.75 Å². The molecule has 2 N–H and O–H groups in total. The molecule has 0 saturated heterocycles. The van der Waals surface area contributed by atoms with Gasteiger partial charge in [0, 0.05) is 52.9 Å². The van der Waals surface area contributed by atoms with Gasteiger partial charge in [0.15, 0.2) is 0 Å². The number of H-pyrrole nitrogens is 1. The molecule has 1 aliphatic carbocycles. The van der Waals surface area contributed by atoms with Gasteiger partial charge in [0.1, 0.15) is 5.75 Å². The van der Waals surface area contributed by atoms with E-state index in [1.165, 1.54) is 55.6 Å².